The summed E-state index contributed by atoms with van der Waals surface area (Å²) in [5.74, 6) is -1.38. The maximum absolute atomic E-state index is 13.6. The lowest BCUT2D eigenvalue weighted by Gasteiger charge is -2.28. The summed E-state index contributed by atoms with van der Waals surface area (Å²) < 4.78 is 27.7. The van der Waals surface area contributed by atoms with Gasteiger partial charge in [-0.1, -0.05) is 37.6 Å². The van der Waals surface area contributed by atoms with Crippen LogP contribution in [0.3, 0.4) is 0 Å². The summed E-state index contributed by atoms with van der Waals surface area (Å²) in [5.41, 5.74) is 0.816. The van der Waals surface area contributed by atoms with Crippen molar-refractivity contribution in [1.29, 1.82) is 0 Å². The van der Waals surface area contributed by atoms with Crippen LogP contribution in [0.1, 0.15) is 36.7 Å². The molecular formula is C26H27N5O6S. The van der Waals surface area contributed by atoms with Crippen LogP contribution in [0.4, 0.5) is 0 Å². The first-order chi connectivity index (χ1) is 18.2. The third-order valence-corrected chi connectivity index (χ3v) is 8.90. The van der Waals surface area contributed by atoms with Crippen molar-refractivity contribution in [3.05, 3.63) is 71.7 Å². The molecule has 2 saturated heterocycles. The number of fused-ring (bicyclic) bond motifs is 2. The van der Waals surface area contributed by atoms with Crippen molar-refractivity contribution in [2.45, 2.75) is 49.3 Å². The Kier molecular flexibility index (Phi) is 6.84. The zero-order chi connectivity index (χ0) is 27.0. The van der Waals surface area contributed by atoms with E-state index in [1.165, 1.54) is 23.1 Å². The summed E-state index contributed by atoms with van der Waals surface area (Å²) in [7, 11) is -4.26. The number of sulfonamides is 1. The largest absolute Gasteiger partial charge is 0.618 e. The molecule has 2 aliphatic rings. The minimum atomic E-state index is -4.26. The number of nitrogens with one attached hydrogen (secondary N) is 1. The van der Waals surface area contributed by atoms with Gasteiger partial charge in [-0.25, -0.2) is 13.4 Å². The van der Waals surface area contributed by atoms with Gasteiger partial charge in [0.15, 0.2) is 12.0 Å². The number of ketones is 1. The molecule has 2 aliphatic heterocycles. The fourth-order valence-corrected chi connectivity index (χ4v) is 6.90. The van der Waals surface area contributed by atoms with Crippen LogP contribution in [0.15, 0.2) is 65.8 Å². The first-order valence-corrected chi connectivity index (χ1v) is 13.9. The van der Waals surface area contributed by atoms with Gasteiger partial charge >= 0.3 is 15.0 Å². The summed E-state index contributed by atoms with van der Waals surface area (Å²) in [4.78, 5) is 45.4. The number of amides is 2. The van der Waals surface area contributed by atoms with Gasteiger partial charge in [0.25, 0.3) is 5.91 Å². The third-order valence-electron chi connectivity index (χ3n) is 7.03. The van der Waals surface area contributed by atoms with Gasteiger partial charge in [0.1, 0.15) is 17.8 Å². The van der Waals surface area contributed by atoms with E-state index >= 15 is 0 Å². The standard InChI is InChI=1S/C26H27N5O6S/c1-2-7-20(28-25(33)19-12-11-17-8-3-4-9-18(17)27-19)26(34)29-15-13-21-24(29)22(32)16-31(21)38(36,37)23-10-5-6-14-30(23)35/h3-6,8-12,14,20-21,24H,2,7,13,15-16H2,1H3,(H,28,33). The Bertz CT molecular complexity index is 1530. The normalized spacial score (nSPS) is 20.4. The summed E-state index contributed by atoms with van der Waals surface area (Å²) in [6.07, 6.45) is 2.25. The molecule has 2 amide bonds. The van der Waals surface area contributed by atoms with E-state index in [1.54, 1.807) is 18.2 Å². The average molecular weight is 538 g/mol. The van der Waals surface area contributed by atoms with Crippen LogP contribution in [0.2, 0.25) is 0 Å². The molecule has 0 aliphatic carbocycles. The van der Waals surface area contributed by atoms with Crippen LogP contribution in [-0.4, -0.2) is 71.4 Å². The third kappa shape index (κ3) is 4.50. The van der Waals surface area contributed by atoms with Crippen molar-refractivity contribution in [3.63, 3.8) is 0 Å². The van der Waals surface area contributed by atoms with Crippen LogP contribution < -0.4 is 10.0 Å². The minimum absolute atomic E-state index is 0.155. The number of Topliss-reactive ketones (excluding diaryl/α,β-unsaturated/α-hetero) is 1. The lowest BCUT2D eigenvalue weighted by Crippen LogP contribution is -2.52. The summed E-state index contributed by atoms with van der Waals surface area (Å²) in [6, 6.07) is 12.1. The molecule has 4 heterocycles. The molecule has 12 heteroatoms. The van der Waals surface area contributed by atoms with E-state index in [2.05, 4.69) is 10.3 Å². The lowest BCUT2D eigenvalue weighted by molar-refractivity contribution is -0.646. The number of rotatable bonds is 7. The maximum Gasteiger partial charge on any atom is 0.323 e. The zero-order valence-electron chi connectivity index (χ0n) is 20.7. The SMILES string of the molecule is CCCC(NC(=O)c1ccc2ccccc2n1)C(=O)N1CCC2C1C(=O)CN2S(=O)(=O)c1cccc[n+]1[O-]. The molecule has 0 bridgehead atoms. The number of benzene rings is 1. The first-order valence-electron chi connectivity index (χ1n) is 12.4. The van der Waals surface area contributed by atoms with Crippen LogP contribution in [-0.2, 0) is 19.6 Å². The quantitative estimate of drug-likeness (QED) is 0.350. The van der Waals surface area contributed by atoms with Crippen LogP contribution in [0, 0.1) is 5.21 Å². The molecule has 1 aromatic carbocycles. The molecule has 198 valence electrons. The predicted molar refractivity (Wildman–Crippen MR) is 136 cm³/mol. The molecule has 3 atom stereocenters. The second-order valence-corrected chi connectivity index (χ2v) is 11.3. The smallest absolute Gasteiger partial charge is 0.323 e. The predicted octanol–water partition coefficient (Wildman–Crippen LogP) is 1.01. The highest BCUT2D eigenvalue weighted by molar-refractivity contribution is 7.89. The Labute approximate surface area is 219 Å². The van der Waals surface area contributed by atoms with E-state index in [4.69, 9.17) is 0 Å². The van der Waals surface area contributed by atoms with Crippen LogP contribution in [0.5, 0.6) is 0 Å². The summed E-state index contributed by atoms with van der Waals surface area (Å²) in [5, 5.41) is 15.3. The maximum atomic E-state index is 13.6. The second-order valence-electron chi connectivity index (χ2n) is 9.42. The van der Waals surface area contributed by atoms with Crippen LogP contribution >= 0.6 is 0 Å². The van der Waals surface area contributed by atoms with E-state index in [9.17, 15) is 28.0 Å². The molecule has 0 spiro atoms. The van der Waals surface area contributed by atoms with Crippen molar-refractivity contribution in [3.8, 4) is 0 Å². The zero-order valence-corrected chi connectivity index (χ0v) is 21.5. The highest BCUT2D eigenvalue weighted by Crippen LogP contribution is 2.34. The van der Waals surface area contributed by atoms with Gasteiger partial charge in [-0.3, -0.25) is 14.4 Å². The van der Waals surface area contributed by atoms with Crippen molar-refractivity contribution < 1.29 is 27.5 Å². The number of hydrogen-bond acceptors (Lipinski definition) is 7. The Morgan fingerprint density at radius 3 is 2.68 bits per heavy atom. The molecule has 3 aromatic rings. The van der Waals surface area contributed by atoms with Crippen molar-refractivity contribution in [2.75, 3.05) is 13.1 Å². The van der Waals surface area contributed by atoms with Gasteiger partial charge < -0.3 is 15.4 Å². The number of carbonyl (C=O) groups is 3. The minimum Gasteiger partial charge on any atom is -0.618 e. The molecule has 0 saturated carbocycles. The Morgan fingerprint density at radius 1 is 1.16 bits per heavy atom. The molecular weight excluding hydrogens is 510 g/mol. The molecule has 11 nitrogen and oxygen atoms in total. The van der Waals surface area contributed by atoms with Gasteiger partial charge in [0.05, 0.1) is 18.1 Å². The Balaban J connectivity index is 1.35. The number of hydrogen-bond donors (Lipinski definition) is 1. The average Bonchev–Trinajstić information content (AvgIpc) is 3.49. The topological polar surface area (TPSA) is 144 Å². The van der Waals surface area contributed by atoms with Gasteiger partial charge in [-0.2, -0.15) is 9.04 Å². The van der Waals surface area contributed by atoms with Crippen LogP contribution in [0.25, 0.3) is 10.9 Å². The van der Waals surface area contributed by atoms with E-state index in [0.717, 1.165) is 15.9 Å². The number of likely N-dealkylation sites (tertiary alicyclic amines) is 1. The fourth-order valence-electron chi connectivity index (χ4n) is 5.24. The highest BCUT2D eigenvalue weighted by atomic mass is 32.2. The first kappa shape index (κ1) is 25.7. The molecule has 1 N–H and O–H groups in total. The molecule has 5 rings (SSSR count). The van der Waals surface area contributed by atoms with E-state index < -0.39 is 57.3 Å². The summed E-state index contributed by atoms with van der Waals surface area (Å²) >= 11 is 0. The molecule has 2 aromatic heterocycles. The van der Waals surface area contributed by atoms with Crippen molar-refractivity contribution >= 4 is 38.5 Å². The highest BCUT2D eigenvalue weighted by Gasteiger charge is 2.55. The molecule has 0 radical (unpaired) electrons. The number of carbonyl (C=O) groups excluding carboxylic acids is 3. The number of nitrogens with zero attached hydrogens (tertiary/aromatic N) is 4. The lowest BCUT2D eigenvalue weighted by atomic mass is 10.1. The second kappa shape index (κ2) is 10.1. The van der Waals surface area contributed by atoms with Gasteiger partial charge in [0, 0.05) is 24.1 Å². The molecule has 38 heavy (non-hydrogen) atoms. The van der Waals surface area contributed by atoms with Gasteiger partial charge in [0.2, 0.25) is 5.91 Å². The summed E-state index contributed by atoms with van der Waals surface area (Å²) in [6.45, 7) is 1.60. The van der Waals surface area contributed by atoms with E-state index in [0.29, 0.717) is 18.4 Å². The van der Waals surface area contributed by atoms with E-state index in [-0.39, 0.29) is 23.4 Å². The van der Waals surface area contributed by atoms with Gasteiger partial charge in [-0.05, 0) is 31.0 Å². The Hall–Kier alpha value is -3.90. The molecule has 3 unspecified atom stereocenters. The number of aromatic nitrogens is 2. The Morgan fingerprint density at radius 2 is 1.92 bits per heavy atom. The van der Waals surface area contributed by atoms with Crippen molar-refractivity contribution in [1.82, 2.24) is 19.5 Å². The van der Waals surface area contributed by atoms with E-state index in [1.807, 2.05) is 25.1 Å². The fraction of sp³-hybridized carbons (Fsp3) is 0.346. The van der Waals surface area contributed by atoms with Gasteiger partial charge in [-0.15, -0.1) is 0 Å². The molecule has 2 fully saturated rings. The number of pyridine rings is 2. The number of para-hydroxylation sites is 1. The van der Waals surface area contributed by atoms with Crippen molar-refractivity contribution in [2.24, 2.45) is 0 Å². The monoisotopic (exact) mass is 537 g/mol.